The molecule has 0 aliphatic heterocycles. The van der Waals surface area contributed by atoms with Crippen LogP contribution in [0.2, 0.25) is 0 Å². The summed E-state index contributed by atoms with van der Waals surface area (Å²) in [5.41, 5.74) is 9.05. The highest BCUT2D eigenvalue weighted by atomic mass is 35.5. The Morgan fingerprint density at radius 1 is 1.29 bits per heavy atom. The highest BCUT2D eigenvalue weighted by molar-refractivity contribution is 7.91. The van der Waals surface area contributed by atoms with Crippen molar-refractivity contribution in [1.82, 2.24) is 5.32 Å². The van der Waals surface area contributed by atoms with Gasteiger partial charge >= 0.3 is 0 Å². The first-order chi connectivity index (χ1) is 10.8. The van der Waals surface area contributed by atoms with Crippen LogP contribution in [0.15, 0.2) is 33.9 Å². The summed E-state index contributed by atoms with van der Waals surface area (Å²) >= 11 is 0.944. The molecular formula is C15H18ClN3O3S2. The van der Waals surface area contributed by atoms with Gasteiger partial charge in [0.25, 0.3) is 5.91 Å². The van der Waals surface area contributed by atoms with Gasteiger partial charge < -0.3 is 11.1 Å². The van der Waals surface area contributed by atoms with E-state index in [1.807, 2.05) is 18.2 Å². The molecule has 0 fully saturated rings. The molecule has 1 heterocycles. The summed E-state index contributed by atoms with van der Waals surface area (Å²) in [5.74, 6) is -0.300. The number of aryl methyl sites for hydroxylation is 1. The first-order valence-corrected chi connectivity index (χ1v) is 9.57. The zero-order valence-electron chi connectivity index (χ0n) is 12.7. The van der Waals surface area contributed by atoms with Gasteiger partial charge in [-0.05, 0) is 48.6 Å². The van der Waals surface area contributed by atoms with Gasteiger partial charge in [-0.15, -0.1) is 23.7 Å². The topological polar surface area (TPSA) is 115 Å². The van der Waals surface area contributed by atoms with E-state index in [1.165, 1.54) is 11.4 Å². The number of thiophene rings is 1. The van der Waals surface area contributed by atoms with Crippen molar-refractivity contribution in [2.45, 2.75) is 29.5 Å². The van der Waals surface area contributed by atoms with Crippen LogP contribution in [0.1, 0.15) is 40.4 Å². The summed E-state index contributed by atoms with van der Waals surface area (Å²) in [5, 5.41) is 9.54. The smallest absolute Gasteiger partial charge is 0.252 e. The third kappa shape index (κ3) is 3.89. The second kappa shape index (κ2) is 7.10. The number of fused-ring (bicyclic) bond motifs is 1. The van der Waals surface area contributed by atoms with Crippen molar-refractivity contribution in [3.63, 3.8) is 0 Å². The molecule has 1 aliphatic rings. The van der Waals surface area contributed by atoms with Gasteiger partial charge in [-0.2, -0.15) is 0 Å². The Kier molecular flexibility index (Phi) is 5.54. The van der Waals surface area contributed by atoms with E-state index in [-0.39, 0.29) is 28.6 Å². The Balaban J connectivity index is 0.00000208. The fourth-order valence-corrected chi connectivity index (χ4v) is 4.40. The Morgan fingerprint density at radius 3 is 2.71 bits per heavy atom. The molecule has 1 aromatic carbocycles. The fourth-order valence-electron chi connectivity index (χ4n) is 2.81. The number of carbonyl (C=O) groups excluding carboxylic acids is 1. The average molecular weight is 388 g/mol. The number of halogens is 1. The number of amides is 1. The van der Waals surface area contributed by atoms with Crippen molar-refractivity contribution < 1.29 is 13.2 Å². The Bertz CT molecular complexity index is 865. The van der Waals surface area contributed by atoms with Gasteiger partial charge in [0.2, 0.25) is 10.0 Å². The number of nitrogens with two attached hydrogens (primary N) is 2. The zero-order valence-corrected chi connectivity index (χ0v) is 15.1. The number of nitrogen functional groups attached to an aromatic ring is 1. The summed E-state index contributed by atoms with van der Waals surface area (Å²) < 4.78 is 22.6. The van der Waals surface area contributed by atoms with Gasteiger partial charge in [-0.3, -0.25) is 4.79 Å². The van der Waals surface area contributed by atoms with Gasteiger partial charge in [-0.1, -0.05) is 6.07 Å². The van der Waals surface area contributed by atoms with E-state index in [2.05, 4.69) is 5.32 Å². The summed E-state index contributed by atoms with van der Waals surface area (Å²) in [6.07, 6.45) is 2.75. The maximum Gasteiger partial charge on any atom is 0.252 e. The van der Waals surface area contributed by atoms with Crippen molar-refractivity contribution in [1.29, 1.82) is 0 Å². The maximum absolute atomic E-state index is 12.4. The molecule has 1 aromatic heterocycles. The molecule has 6 nitrogen and oxygen atoms in total. The van der Waals surface area contributed by atoms with Gasteiger partial charge in [0.15, 0.2) is 0 Å². The standard InChI is InChI=1S/C15H17N3O3S2.ClH/c16-11-4-5-12-9(6-11)2-1-3-13(12)18-15(19)10-7-14(22-8-10)23(17,20)21;/h4-8,13H,1-3,16H2,(H,18,19)(H2,17,20,21);1H. The number of benzene rings is 1. The van der Waals surface area contributed by atoms with E-state index in [0.29, 0.717) is 11.3 Å². The molecule has 1 atom stereocenters. The zero-order chi connectivity index (χ0) is 16.6. The van der Waals surface area contributed by atoms with Crippen LogP contribution in [-0.4, -0.2) is 14.3 Å². The molecule has 130 valence electrons. The van der Waals surface area contributed by atoms with Crippen LogP contribution >= 0.6 is 23.7 Å². The van der Waals surface area contributed by atoms with Crippen LogP contribution in [0.3, 0.4) is 0 Å². The van der Waals surface area contributed by atoms with E-state index in [9.17, 15) is 13.2 Å². The van der Waals surface area contributed by atoms with Crippen LogP contribution in [0, 0.1) is 0 Å². The molecule has 0 spiro atoms. The maximum atomic E-state index is 12.4. The number of primary sulfonamides is 1. The minimum atomic E-state index is -3.78. The predicted octanol–water partition coefficient (Wildman–Crippen LogP) is 2.21. The van der Waals surface area contributed by atoms with E-state index >= 15 is 0 Å². The normalized spacial score (nSPS) is 16.8. The molecule has 5 N–H and O–H groups in total. The molecule has 1 unspecified atom stereocenters. The fraction of sp³-hybridized carbons (Fsp3) is 0.267. The highest BCUT2D eigenvalue weighted by Gasteiger charge is 2.23. The van der Waals surface area contributed by atoms with Crippen molar-refractivity contribution >= 4 is 45.4 Å². The molecule has 3 rings (SSSR count). The summed E-state index contributed by atoms with van der Waals surface area (Å²) in [7, 11) is -3.78. The number of nitrogens with one attached hydrogen (secondary N) is 1. The average Bonchev–Trinajstić information content (AvgIpc) is 2.97. The van der Waals surface area contributed by atoms with Crippen molar-refractivity contribution in [3.8, 4) is 0 Å². The first kappa shape index (κ1) is 18.7. The minimum absolute atomic E-state index is 0. The third-order valence-corrected chi connectivity index (χ3v) is 6.29. The lowest BCUT2D eigenvalue weighted by atomic mass is 9.87. The number of sulfonamides is 1. The van der Waals surface area contributed by atoms with Gasteiger partial charge in [0, 0.05) is 11.1 Å². The van der Waals surface area contributed by atoms with E-state index in [0.717, 1.165) is 41.7 Å². The number of hydrogen-bond acceptors (Lipinski definition) is 5. The first-order valence-electron chi connectivity index (χ1n) is 7.15. The molecule has 24 heavy (non-hydrogen) atoms. The SMILES string of the molecule is Cl.Nc1ccc2c(c1)CCCC2NC(=O)c1csc(S(N)(=O)=O)c1. The van der Waals surface area contributed by atoms with Crippen molar-refractivity contribution in [2.75, 3.05) is 5.73 Å². The highest BCUT2D eigenvalue weighted by Crippen LogP contribution is 2.31. The lowest BCUT2D eigenvalue weighted by molar-refractivity contribution is 0.0933. The summed E-state index contributed by atoms with van der Waals surface area (Å²) in [6, 6.07) is 6.93. The van der Waals surface area contributed by atoms with Gasteiger partial charge in [-0.25, -0.2) is 13.6 Å². The number of carbonyl (C=O) groups is 1. The van der Waals surface area contributed by atoms with E-state index in [1.54, 1.807) is 0 Å². The number of hydrogen-bond donors (Lipinski definition) is 3. The monoisotopic (exact) mass is 387 g/mol. The lowest BCUT2D eigenvalue weighted by Crippen LogP contribution is -2.30. The Morgan fingerprint density at radius 2 is 2.04 bits per heavy atom. The predicted molar refractivity (Wildman–Crippen MR) is 96.9 cm³/mol. The number of rotatable bonds is 3. The Hall–Kier alpha value is -1.61. The quantitative estimate of drug-likeness (QED) is 0.700. The van der Waals surface area contributed by atoms with Crippen LogP contribution < -0.4 is 16.2 Å². The number of anilines is 1. The summed E-state index contributed by atoms with van der Waals surface area (Å²) in [4.78, 5) is 12.4. The summed E-state index contributed by atoms with van der Waals surface area (Å²) in [6.45, 7) is 0. The molecule has 2 aromatic rings. The van der Waals surface area contributed by atoms with Crippen LogP contribution in [0.5, 0.6) is 0 Å². The molecular weight excluding hydrogens is 370 g/mol. The van der Waals surface area contributed by atoms with Crippen LogP contribution in [0.25, 0.3) is 0 Å². The molecule has 1 amide bonds. The van der Waals surface area contributed by atoms with Crippen molar-refractivity contribution in [2.24, 2.45) is 5.14 Å². The second-order valence-corrected chi connectivity index (χ2v) is 8.28. The van der Waals surface area contributed by atoms with Gasteiger partial charge in [0.05, 0.1) is 11.6 Å². The van der Waals surface area contributed by atoms with Gasteiger partial charge in [0.1, 0.15) is 4.21 Å². The van der Waals surface area contributed by atoms with E-state index in [4.69, 9.17) is 10.9 Å². The minimum Gasteiger partial charge on any atom is -0.399 e. The molecule has 0 saturated carbocycles. The lowest BCUT2D eigenvalue weighted by Gasteiger charge is -2.26. The molecule has 0 bridgehead atoms. The van der Waals surface area contributed by atoms with Crippen molar-refractivity contribution in [3.05, 3.63) is 46.3 Å². The molecule has 0 saturated heterocycles. The van der Waals surface area contributed by atoms with E-state index < -0.39 is 10.0 Å². The molecule has 9 heteroatoms. The van der Waals surface area contributed by atoms with Crippen LogP contribution in [-0.2, 0) is 16.4 Å². The largest absolute Gasteiger partial charge is 0.399 e. The van der Waals surface area contributed by atoms with Crippen LogP contribution in [0.4, 0.5) is 5.69 Å². The molecule has 0 radical (unpaired) electrons. The third-order valence-electron chi connectivity index (χ3n) is 3.90. The molecule has 1 aliphatic carbocycles. The Labute approximate surface area is 150 Å². The second-order valence-electron chi connectivity index (χ2n) is 5.58.